The number of fused-ring (bicyclic) bond motifs is 1. The van der Waals surface area contributed by atoms with Crippen LogP contribution >= 0.6 is 0 Å². The summed E-state index contributed by atoms with van der Waals surface area (Å²) in [7, 11) is 1.48. The van der Waals surface area contributed by atoms with Gasteiger partial charge >= 0.3 is 11.7 Å². The molecule has 0 saturated carbocycles. The molecule has 0 spiro atoms. The van der Waals surface area contributed by atoms with Crippen LogP contribution in [0.25, 0.3) is 11.2 Å². The molecule has 10 heteroatoms. The Bertz CT molecular complexity index is 811. The number of oxime groups is 1. The molecule has 0 amide bonds. The minimum absolute atomic E-state index is 0.00887. The zero-order valence-corrected chi connectivity index (χ0v) is 10.8. The van der Waals surface area contributed by atoms with Crippen molar-refractivity contribution in [3.63, 3.8) is 0 Å². The van der Waals surface area contributed by atoms with Crippen LogP contribution in [0, 0.1) is 0 Å². The number of aryl methyl sites for hydroxylation is 1. The summed E-state index contributed by atoms with van der Waals surface area (Å²) in [6, 6.07) is 0. The van der Waals surface area contributed by atoms with Gasteiger partial charge in [0.2, 0.25) is 0 Å². The summed E-state index contributed by atoms with van der Waals surface area (Å²) in [5, 5.41) is 3.39. The lowest BCUT2D eigenvalue weighted by Gasteiger charge is -2.03. The second-order valence-corrected chi connectivity index (χ2v) is 4.03. The van der Waals surface area contributed by atoms with Crippen LogP contribution in [0.15, 0.2) is 21.1 Å². The van der Waals surface area contributed by atoms with Crippen molar-refractivity contribution in [2.75, 3.05) is 0 Å². The minimum atomic E-state index is -0.608. The van der Waals surface area contributed by atoms with Crippen molar-refractivity contribution in [3.05, 3.63) is 27.2 Å². The maximum atomic E-state index is 11.8. The van der Waals surface area contributed by atoms with Gasteiger partial charge in [-0.05, 0) is 0 Å². The molecule has 20 heavy (non-hydrogen) atoms. The number of nitrogens with one attached hydrogen (secondary N) is 1. The first-order valence-corrected chi connectivity index (χ1v) is 5.54. The van der Waals surface area contributed by atoms with Crippen LogP contribution in [0.1, 0.15) is 6.92 Å². The van der Waals surface area contributed by atoms with Gasteiger partial charge in [0.05, 0.1) is 12.9 Å². The number of rotatable bonds is 3. The van der Waals surface area contributed by atoms with Crippen LogP contribution in [0.2, 0.25) is 0 Å². The first-order chi connectivity index (χ1) is 9.40. The van der Waals surface area contributed by atoms with Crippen molar-refractivity contribution >= 4 is 23.0 Å². The molecule has 2 rings (SSSR count). The average molecular weight is 280 g/mol. The molecule has 0 aliphatic rings. The third kappa shape index (κ3) is 2.43. The van der Waals surface area contributed by atoms with E-state index in [-0.39, 0.29) is 23.5 Å². The molecule has 0 saturated heterocycles. The van der Waals surface area contributed by atoms with Gasteiger partial charge in [-0.1, -0.05) is 5.16 Å². The van der Waals surface area contributed by atoms with Gasteiger partial charge in [-0.3, -0.25) is 14.3 Å². The molecule has 0 atom stereocenters. The van der Waals surface area contributed by atoms with Crippen LogP contribution < -0.4 is 17.0 Å². The smallest absolute Gasteiger partial charge is 0.332 e. The van der Waals surface area contributed by atoms with Crippen molar-refractivity contribution in [3.8, 4) is 0 Å². The Morgan fingerprint density at radius 2 is 2.25 bits per heavy atom. The number of nitrogens with two attached hydrogens (primary N) is 1. The zero-order chi connectivity index (χ0) is 14.9. The molecule has 0 unspecified atom stereocenters. The van der Waals surface area contributed by atoms with Gasteiger partial charge in [0.1, 0.15) is 0 Å². The highest BCUT2D eigenvalue weighted by atomic mass is 16.7. The molecule has 0 fully saturated rings. The summed E-state index contributed by atoms with van der Waals surface area (Å²) in [6.45, 7) is 1.18. The fourth-order valence-corrected chi connectivity index (χ4v) is 1.63. The largest absolute Gasteiger partial charge is 0.383 e. The van der Waals surface area contributed by atoms with Crippen LogP contribution in [0.3, 0.4) is 0 Å². The van der Waals surface area contributed by atoms with E-state index in [1.165, 1.54) is 29.4 Å². The summed E-state index contributed by atoms with van der Waals surface area (Å²) in [5.41, 5.74) is 4.82. The van der Waals surface area contributed by atoms with Gasteiger partial charge in [-0.15, -0.1) is 0 Å². The van der Waals surface area contributed by atoms with Crippen LogP contribution in [-0.4, -0.2) is 30.9 Å². The number of nitrogens with zero attached hydrogens (tertiary/aromatic N) is 4. The highest BCUT2D eigenvalue weighted by molar-refractivity contribution is 5.82. The normalized spacial score (nSPS) is 11.8. The van der Waals surface area contributed by atoms with Gasteiger partial charge in [0.25, 0.3) is 5.56 Å². The molecule has 0 aliphatic heterocycles. The lowest BCUT2D eigenvalue weighted by molar-refractivity contribution is -0.140. The number of amidine groups is 1. The number of hydrogen-bond acceptors (Lipinski definition) is 6. The lowest BCUT2D eigenvalue weighted by Crippen LogP contribution is -2.30. The van der Waals surface area contributed by atoms with E-state index in [0.717, 1.165) is 0 Å². The summed E-state index contributed by atoms with van der Waals surface area (Å²) in [5.74, 6) is -0.628. The van der Waals surface area contributed by atoms with Crippen LogP contribution in [-0.2, 0) is 23.2 Å². The molecule has 0 aliphatic carbocycles. The van der Waals surface area contributed by atoms with E-state index in [0.29, 0.717) is 0 Å². The molecule has 2 aromatic rings. The van der Waals surface area contributed by atoms with E-state index in [4.69, 9.17) is 5.73 Å². The maximum absolute atomic E-state index is 11.8. The fraction of sp³-hybridized carbons (Fsp3) is 0.300. The SMILES string of the molecule is CC(=O)ON=C(N)Cn1cnc2c1c(=O)[nH]c(=O)n2C. The fourth-order valence-electron chi connectivity index (χ4n) is 1.63. The van der Waals surface area contributed by atoms with Crippen molar-refractivity contribution < 1.29 is 9.63 Å². The van der Waals surface area contributed by atoms with E-state index in [1.807, 2.05) is 0 Å². The molecule has 0 bridgehead atoms. The van der Waals surface area contributed by atoms with Crippen molar-refractivity contribution in [2.45, 2.75) is 13.5 Å². The van der Waals surface area contributed by atoms with E-state index in [9.17, 15) is 14.4 Å². The predicted molar refractivity (Wildman–Crippen MR) is 69.0 cm³/mol. The van der Waals surface area contributed by atoms with Gasteiger partial charge in [-0.25, -0.2) is 14.6 Å². The van der Waals surface area contributed by atoms with E-state index < -0.39 is 17.2 Å². The number of H-pyrrole nitrogens is 1. The van der Waals surface area contributed by atoms with Gasteiger partial charge < -0.3 is 15.1 Å². The van der Waals surface area contributed by atoms with E-state index >= 15 is 0 Å². The lowest BCUT2D eigenvalue weighted by atomic mass is 10.5. The van der Waals surface area contributed by atoms with Crippen LogP contribution in [0.5, 0.6) is 0 Å². The topological polar surface area (TPSA) is 137 Å². The summed E-state index contributed by atoms with van der Waals surface area (Å²) in [4.78, 5) is 44.3. The first-order valence-electron chi connectivity index (χ1n) is 5.54. The Labute approximate surface area is 111 Å². The summed E-state index contributed by atoms with van der Waals surface area (Å²) >= 11 is 0. The molecule has 0 aromatic carbocycles. The zero-order valence-electron chi connectivity index (χ0n) is 10.8. The number of carbonyl (C=O) groups excluding carboxylic acids is 1. The Balaban J connectivity index is 2.45. The Morgan fingerprint density at radius 3 is 2.90 bits per heavy atom. The second kappa shape index (κ2) is 4.99. The third-order valence-corrected chi connectivity index (χ3v) is 2.50. The number of imidazole rings is 1. The number of carbonyl (C=O) groups is 1. The Hall–Kier alpha value is -2.91. The van der Waals surface area contributed by atoms with E-state index in [2.05, 4.69) is 20.0 Å². The molecular weight excluding hydrogens is 268 g/mol. The third-order valence-electron chi connectivity index (χ3n) is 2.50. The Kier molecular flexibility index (Phi) is 3.37. The predicted octanol–water partition coefficient (Wildman–Crippen LogP) is -1.74. The summed E-state index contributed by atoms with van der Waals surface area (Å²) < 4.78 is 2.60. The van der Waals surface area contributed by atoms with Gasteiger partial charge in [0.15, 0.2) is 17.0 Å². The average Bonchev–Trinajstić information content (AvgIpc) is 2.78. The molecule has 10 nitrogen and oxygen atoms in total. The maximum Gasteiger partial charge on any atom is 0.332 e. The highest BCUT2D eigenvalue weighted by Crippen LogP contribution is 2.04. The molecular formula is C10H12N6O4. The van der Waals surface area contributed by atoms with Crippen molar-refractivity contribution in [1.29, 1.82) is 0 Å². The minimum Gasteiger partial charge on any atom is -0.383 e. The van der Waals surface area contributed by atoms with Crippen molar-refractivity contribution in [2.24, 2.45) is 17.9 Å². The van der Waals surface area contributed by atoms with Crippen LogP contribution in [0.4, 0.5) is 0 Å². The molecule has 2 heterocycles. The quantitative estimate of drug-likeness (QED) is 0.296. The Morgan fingerprint density at radius 1 is 1.55 bits per heavy atom. The highest BCUT2D eigenvalue weighted by Gasteiger charge is 2.12. The standard InChI is InChI=1S/C10H12N6O4/c1-5(17)20-14-6(11)3-16-4-12-8-7(16)9(18)13-10(19)15(8)2/h4H,3H2,1-2H3,(H2,11,14)(H,13,18,19). The molecule has 106 valence electrons. The van der Waals surface area contributed by atoms with Gasteiger partial charge in [-0.2, -0.15) is 0 Å². The molecule has 2 aromatic heterocycles. The monoisotopic (exact) mass is 280 g/mol. The second-order valence-electron chi connectivity index (χ2n) is 4.03. The number of aromatic nitrogens is 4. The molecule has 0 radical (unpaired) electrons. The number of aromatic amines is 1. The van der Waals surface area contributed by atoms with E-state index in [1.54, 1.807) is 0 Å². The van der Waals surface area contributed by atoms with Crippen molar-refractivity contribution in [1.82, 2.24) is 19.1 Å². The van der Waals surface area contributed by atoms with Gasteiger partial charge in [0, 0.05) is 14.0 Å². The molecule has 3 N–H and O–H groups in total. The summed E-state index contributed by atoms with van der Waals surface area (Å²) in [6.07, 6.45) is 1.34. The number of hydrogen-bond donors (Lipinski definition) is 2. The first kappa shape index (κ1) is 13.5.